The summed E-state index contributed by atoms with van der Waals surface area (Å²) in [6, 6.07) is 3.88. The first-order chi connectivity index (χ1) is 11.7. The molecule has 0 saturated heterocycles. The Morgan fingerprint density at radius 1 is 1.46 bits per heavy atom. The lowest BCUT2D eigenvalue weighted by atomic mass is 10.3. The fraction of sp³-hybridized carbons (Fsp3) is 0.412. The second-order valence-electron chi connectivity index (χ2n) is 5.56. The summed E-state index contributed by atoms with van der Waals surface area (Å²) in [5.41, 5.74) is 2.34. The Hall–Kier alpha value is -2.14. The Balaban J connectivity index is 1.70. The van der Waals surface area contributed by atoms with E-state index in [-0.39, 0.29) is 6.61 Å². The van der Waals surface area contributed by atoms with Crippen molar-refractivity contribution in [3.8, 4) is 11.8 Å². The number of esters is 1. The van der Waals surface area contributed by atoms with Crippen molar-refractivity contribution in [1.82, 2.24) is 14.7 Å². The molecule has 1 aliphatic rings. The molecule has 24 heavy (non-hydrogen) atoms. The summed E-state index contributed by atoms with van der Waals surface area (Å²) in [7, 11) is 1.37. The van der Waals surface area contributed by atoms with E-state index in [0.717, 1.165) is 43.9 Å². The number of methoxy groups -OCH3 is 1. The van der Waals surface area contributed by atoms with E-state index in [0.29, 0.717) is 5.69 Å². The number of aliphatic hydroxyl groups excluding tert-OH is 1. The van der Waals surface area contributed by atoms with Gasteiger partial charge in [0.1, 0.15) is 6.61 Å². The third-order valence-corrected chi connectivity index (χ3v) is 4.75. The van der Waals surface area contributed by atoms with E-state index in [2.05, 4.69) is 27.9 Å². The molecule has 0 amide bonds. The lowest BCUT2D eigenvalue weighted by Gasteiger charge is -2.18. The number of fused-ring (bicyclic) bond motifs is 1. The number of carbonyl (C=O) groups excluding carboxylic acids is 1. The van der Waals surface area contributed by atoms with E-state index >= 15 is 0 Å². The van der Waals surface area contributed by atoms with Gasteiger partial charge in [0.25, 0.3) is 0 Å². The SMILES string of the molecule is COC(=O)c1cc2n(n1)CCCN(Cc1cc(C#CCO)cs1)C2. The number of aliphatic hydroxyl groups is 1. The highest BCUT2D eigenvalue weighted by Crippen LogP contribution is 2.20. The highest BCUT2D eigenvalue weighted by atomic mass is 32.1. The molecule has 1 aliphatic heterocycles. The Bertz CT molecular complexity index is 785. The standard InChI is InChI=1S/C17H19N3O3S/c1-23-17(22)16-9-14-10-19(5-3-6-20(14)18-16)11-15-8-13(12-24-15)4-2-7-21/h8-9,12,21H,3,5-7,10-11H2,1H3. The minimum atomic E-state index is -0.396. The molecule has 0 fully saturated rings. The predicted molar refractivity (Wildman–Crippen MR) is 90.6 cm³/mol. The summed E-state index contributed by atoms with van der Waals surface area (Å²) >= 11 is 1.67. The molecule has 0 atom stereocenters. The van der Waals surface area contributed by atoms with E-state index in [9.17, 15) is 4.79 Å². The number of aromatic nitrogens is 2. The van der Waals surface area contributed by atoms with Gasteiger partial charge in [0, 0.05) is 42.0 Å². The van der Waals surface area contributed by atoms with Gasteiger partial charge in [-0.15, -0.1) is 11.3 Å². The number of rotatable bonds is 3. The smallest absolute Gasteiger partial charge is 0.358 e. The van der Waals surface area contributed by atoms with Gasteiger partial charge in [-0.2, -0.15) is 5.10 Å². The largest absolute Gasteiger partial charge is 0.464 e. The van der Waals surface area contributed by atoms with Gasteiger partial charge in [-0.3, -0.25) is 9.58 Å². The van der Waals surface area contributed by atoms with Crippen LogP contribution in [0.25, 0.3) is 0 Å². The van der Waals surface area contributed by atoms with Crippen LogP contribution >= 0.6 is 11.3 Å². The lowest BCUT2D eigenvalue weighted by Crippen LogP contribution is -2.22. The van der Waals surface area contributed by atoms with Crippen molar-refractivity contribution in [2.75, 3.05) is 20.3 Å². The number of aryl methyl sites for hydroxylation is 1. The second kappa shape index (κ2) is 7.62. The van der Waals surface area contributed by atoms with Crippen LogP contribution in [0.2, 0.25) is 0 Å². The van der Waals surface area contributed by atoms with Crippen LogP contribution in [-0.4, -0.2) is 46.0 Å². The zero-order valence-corrected chi connectivity index (χ0v) is 14.3. The van der Waals surface area contributed by atoms with Crippen molar-refractivity contribution in [3.63, 3.8) is 0 Å². The van der Waals surface area contributed by atoms with Gasteiger partial charge in [0.2, 0.25) is 0 Å². The molecular formula is C17H19N3O3S. The number of hydrogen-bond donors (Lipinski definition) is 1. The molecule has 3 heterocycles. The number of thiophene rings is 1. The van der Waals surface area contributed by atoms with Crippen LogP contribution in [0.15, 0.2) is 17.5 Å². The first-order valence-electron chi connectivity index (χ1n) is 7.74. The molecule has 0 aliphatic carbocycles. The number of hydrogen-bond acceptors (Lipinski definition) is 6. The highest BCUT2D eigenvalue weighted by molar-refractivity contribution is 7.10. The molecule has 1 N–H and O–H groups in total. The van der Waals surface area contributed by atoms with Crippen molar-refractivity contribution in [2.24, 2.45) is 0 Å². The van der Waals surface area contributed by atoms with Crippen molar-refractivity contribution >= 4 is 17.3 Å². The number of nitrogens with zero attached hydrogens (tertiary/aromatic N) is 3. The molecule has 0 bridgehead atoms. The van der Waals surface area contributed by atoms with E-state index in [1.807, 2.05) is 16.1 Å². The summed E-state index contributed by atoms with van der Waals surface area (Å²) in [6.07, 6.45) is 0.984. The Morgan fingerprint density at radius 3 is 3.12 bits per heavy atom. The fourth-order valence-corrected chi connectivity index (χ4v) is 3.62. The van der Waals surface area contributed by atoms with Crippen LogP contribution in [0, 0.1) is 11.8 Å². The van der Waals surface area contributed by atoms with E-state index in [1.165, 1.54) is 12.0 Å². The maximum atomic E-state index is 11.6. The van der Waals surface area contributed by atoms with Crippen LogP contribution in [-0.2, 0) is 24.4 Å². The second-order valence-corrected chi connectivity index (χ2v) is 6.56. The summed E-state index contributed by atoms with van der Waals surface area (Å²) < 4.78 is 6.65. The van der Waals surface area contributed by atoms with Crippen LogP contribution in [0.3, 0.4) is 0 Å². The van der Waals surface area contributed by atoms with Gasteiger partial charge in [-0.1, -0.05) is 11.8 Å². The molecule has 0 unspecified atom stereocenters. The predicted octanol–water partition coefficient (Wildman–Crippen LogP) is 1.48. The normalized spacial score (nSPS) is 14.4. The van der Waals surface area contributed by atoms with Crippen molar-refractivity contribution in [3.05, 3.63) is 39.3 Å². The molecule has 0 spiro atoms. The monoisotopic (exact) mass is 345 g/mol. The van der Waals surface area contributed by atoms with Gasteiger partial charge >= 0.3 is 5.97 Å². The van der Waals surface area contributed by atoms with Gasteiger partial charge < -0.3 is 9.84 Å². The van der Waals surface area contributed by atoms with Crippen molar-refractivity contribution < 1.29 is 14.6 Å². The molecule has 0 radical (unpaired) electrons. The molecule has 7 heteroatoms. The quantitative estimate of drug-likeness (QED) is 0.674. The molecule has 126 valence electrons. The summed E-state index contributed by atoms with van der Waals surface area (Å²) in [6.45, 7) is 3.25. The minimum absolute atomic E-state index is 0.121. The highest BCUT2D eigenvalue weighted by Gasteiger charge is 2.20. The first-order valence-corrected chi connectivity index (χ1v) is 8.62. The molecule has 3 rings (SSSR count). The number of ether oxygens (including phenoxy) is 1. The van der Waals surface area contributed by atoms with Crippen LogP contribution in [0.4, 0.5) is 0 Å². The Labute approximate surface area is 144 Å². The summed E-state index contributed by atoms with van der Waals surface area (Å²) in [4.78, 5) is 15.2. The minimum Gasteiger partial charge on any atom is -0.464 e. The van der Waals surface area contributed by atoms with Crippen molar-refractivity contribution in [2.45, 2.75) is 26.1 Å². The van der Waals surface area contributed by atoms with E-state index in [4.69, 9.17) is 9.84 Å². The third-order valence-electron chi connectivity index (χ3n) is 3.83. The maximum absolute atomic E-state index is 11.6. The fourth-order valence-electron chi connectivity index (χ4n) is 2.76. The van der Waals surface area contributed by atoms with E-state index < -0.39 is 5.97 Å². The van der Waals surface area contributed by atoms with Gasteiger partial charge in [-0.25, -0.2) is 4.79 Å². The van der Waals surface area contributed by atoms with Crippen LogP contribution in [0.1, 0.15) is 33.0 Å². The van der Waals surface area contributed by atoms with Gasteiger partial charge in [0.15, 0.2) is 5.69 Å². The maximum Gasteiger partial charge on any atom is 0.358 e. The Kier molecular flexibility index (Phi) is 5.30. The summed E-state index contributed by atoms with van der Waals surface area (Å²) in [5.74, 6) is 5.20. The first kappa shape index (κ1) is 16.7. The van der Waals surface area contributed by atoms with Gasteiger partial charge in [0.05, 0.1) is 12.8 Å². The zero-order chi connectivity index (χ0) is 16.9. The third kappa shape index (κ3) is 3.85. The molecule has 2 aromatic heterocycles. The van der Waals surface area contributed by atoms with Crippen LogP contribution in [0.5, 0.6) is 0 Å². The molecule has 0 saturated carbocycles. The van der Waals surface area contributed by atoms with Gasteiger partial charge in [-0.05, 0) is 18.6 Å². The average molecular weight is 345 g/mol. The van der Waals surface area contributed by atoms with E-state index in [1.54, 1.807) is 11.3 Å². The zero-order valence-electron chi connectivity index (χ0n) is 13.5. The van der Waals surface area contributed by atoms with Crippen molar-refractivity contribution in [1.29, 1.82) is 0 Å². The summed E-state index contributed by atoms with van der Waals surface area (Å²) in [5, 5.41) is 15.1. The molecular weight excluding hydrogens is 326 g/mol. The number of carbonyl (C=O) groups is 1. The molecule has 2 aromatic rings. The Morgan fingerprint density at radius 2 is 2.33 bits per heavy atom. The average Bonchev–Trinajstić information content (AvgIpc) is 3.15. The molecule has 0 aromatic carbocycles. The lowest BCUT2D eigenvalue weighted by molar-refractivity contribution is 0.0593. The molecule has 6 nitrogen and oxygen atoms in total. The van der Waals surface area contributed by atoms with Crippen LogP contribution < -0.4 is 0 Å². The topological polar surface area (TPSA) is 67.6 Å².